The van der Waals surface area contributed by atoms with Crippen molar-refractivity contribution in [2.24, 2.45) is 5.92 Å². The summed E-state index contributed by atoms with van der Waals surface area (Å²) < 4.78 is 0. The van der Waals surface area contributed by atoms with Crippen LogP contribution in [0.1, 0.15) is 95.2 Å². The maximum absolute atomic E-state index is 6.14. The molecule has 0 saturated carbocycles. The van der Waals surface area contributed by atoms with E-state index in [1.165, 1.54) is 106 Å². The number of aromatic nitrogens is 1. The highest BCUT2D eigenvalue weighted by Crippen LogP contribution is 2.34. The van der Waals surface area contributed by atoms with Gasteiger partial charge in [0.15, 0.2) is 0 Å². The van der Waals surface area contributed by atoms with Crippen molar-refractivity contribution in [3.8, 4) is 0 Å². The van der Waals surface area contributed by atoms with Crippen LogP contribution >= 0.6 is 11.6 Å². The summed E-state index contributed by atoms with van der Waals surface area (Å²) in [6.07, 6.45) is 19.6. The lowest BCUT2D eigenvalue weighted by molar-refractivity contribution is 0.403. The number of fused-ring (bicyclic) bond motifs is 3. The van der Waals surface area contributed by atoms with Gasteiger partial charge in [-0.15, -0.1) is 0 Å². The summed E-state index contributed by atoms with van der Waals surface area (Å²) in [6, 6.07) is 6.31. The van der Waals surface area contributed by atoms with Crippen LogP contribution in [0.3, 0.4) is 0 Å². The Bertz CT molecular complexity index is 672. The van der Waals surface area contributed by atoms with Crippen molar-refractivity contribution in [2.75, 3.05) is 0 Å². The Labute approximate surface area is 164 Å². The highest BCUT2D eigenvalue weighted by molar-refractivity contribution is 6.31. The minimum atomic E-state index is 0.831. The monoisotopic (exact) mass is 373 g/mol. The van der Waals surface area contributed by atoms with Crippen molar-refractivity contribution >= 4 is 22.5 Å². The van der Waals surface area contributed by atoms with E-state index in [0.717, 1.165) is 10.9 Å². The van der Waals surface area contributed by atoms with Gasteiger partial charge in [0.2, 0.25) is 0 Å². The number of unbranched alkanes of at least 4 members (excludes halogenated alkanes) is 9. The number of rotatable bonds is 11. The quantitative estimate of drug-likeness (QED) is 0.381. The fourth-order valence-electron chi connectivity index (χ4n) is 4.64. The number of halogens is 1. The SMILES string of the molecule is CCCCCCCCCCCCC1CCc2[nH]c3cc(Cl)ccc3c2C1. The second-order valence-electron chi connectivity index (χ2n) is 8.35. The predicted molar refractivity (Wildman–Crippen MR) is 115 cm³/mol. The maximum Gasteiger partial charge on any atom is 0.0473 e. The molecule has 0 spiro atoms. The summed E-state index contributed by atoms with van der Waals surface area (Å²) in [5.41, 5.74) is 4.25. The fourth-order valence-corrected chi connectivity index (χ4v) is 4.81. The number of nitrogens with one attached hydrogen (secondary N) is 1. The minimum Gasteiger partial charge on any atom is -0.358 e. The van der Waals surface area contributed by atoms with Crippen molar-refractivity contribution < 1.29 is 0 Å². The molecule has 1 atom stereocenters. The summed E-state index contributed by atoms with van der Waals surface area (Å²) in [6.45, 7) is 2.29. The van der Waals surface area contributed by atoms with Crippen molar-refractivity contribution in [1.29, 1.82) is 0 Å². The Kier molecular flexibility index (Phi) is 7.92. The van der Waals surface area contributed by atoms with Crippen LogP contribution in [0, 0.1) is 5.92 Å². The van der Waals surface area contributed by atoms with Crippen LogP contribution < -0.4 is 0 Å². The van der Waals surface area contributed by atoms with E-state index in [1.54, 1.807) is 5.56 Å². The van der Waals surface area contributed by atoms with Crippen LogP contribution in [-0.4, -0.2) is 4.98 Å². The number of H-pyrrole nitrogens is 1. The third-order valence-corrected chi connectivity index (χ3v) is 6.45. The molecule has 3 rings (SSSR count). The largest absolute Gasteiger partial charge is 0.358 e. The lowest BCUT2D eigenvalue weighted by Crippen LogP contribution is -2.13. The van der Waals surface area contributed by atoms with E-state index in [1.807, 2.05) is 6.07 Å². The zero-order valence-electron chi connectivity index (χ0n) is 16.6. The first-order valence-electron chi connectivity index (χ1n) is 11.1. The van der Waals surface area contributed by atoms with E-state index in [-0.39, 0.29) is 0 Å². The molecule has 0 amide bonds. The topological polar surface area (TPSA) is 15.8 Å². The number of benzene rings is 1. The van der Waals surface area contributed by atoms with Crippen LogP contribution in [0.25, 0.3) is 10.9 Å². The predicted octanol–water partition coefficient (Wildman–Crippen LogP) is 8.24. The zero-order valence-corrected chi connectivity index (χ0v) is 17.3. The molecule has 26 heavy (non-hydrogen) atoms. The Balaban J connectivity index is 1.33. The van der Waals surface area contributed by atoms with Gasteiger partial charge in [0.05, 0.1) is 0 Å². The number of hydrogen-bond donors (Lipinski definition) is 1. The molecule has 2 aromatic rings. The molecule has 1 nitrogen and oxygen atoms in total. The van der Waals surface area contributed by atoms with Gasteiger partial charge in [-0.25, -0.2) is 0 Å². The Morgan fingerprint density at radius 3 is 2.38 bits per heavy atom. The molecule has 1 heterocycles. The average molecular weight is 374 g/mol. The molecule has 1 unspecified atom stereocenters. The van der Waals surface area contributed by atoms with E-state index < -0.39 is 0 Å². The second kappa shape index (κ2) is 10.4. The van der Waals surface area contributed by atoms with Crippen LogP contribution in [0.4, 0.5) is 0 Å². The molecular weight excluding hydrogens is 338 g/mol. The van der Waals surface area contributed by atoms with Crippen LogP contribution in [-0.2, 0) is 12.8 Å². The Morgan fingerprint density at radius 1 is 0.962 bits per heavy atom. The molecule has 2 heteroatoms. The number of hydrogen-bond acceptors (Lipinski definition) is 0. The summed E-state index contributed by atoms with van der Waals surface area (Å²) in [5.74, 6) is 0.881. The van der Waals surface area contributed by atoms with Gasteiger partial charge < -0.3 is 4.98 Å². The van der Waals surface area contributed by atoms with E-state index in [9.17, 15) is 0 Å². The van der Waals surface area contributed by atoms with Crippen molar-refractivity contribution in [1.82, 2.24) is 4.98 Å². The van der Waals surface area contributed by atoms with Gasteiger partial charge in [-0.2, -0.15) is 0 Å². The smallest absolute Gasteiger partial charge is 0.0473 e. The second-order valence-corrected chi connectivity index (χ2v) is 8.79. The van der Waals surface area contributed by atoms with Gasteiger partial charge in [0, 0.05) is 21.6 Å². The van der Waals surface area contributed by atoms with E-state index >= 15 is 0 Å². The molecule has 1 aliphatic rings. The van der Waals surface area contributed by atoms with Gasteiger partial charge in [0.25, 0.3) is 0 Å². The standard InChI is InChI=1S/C24H36ClN/c1-2-3-4-5-6-7-8-9-10-11-12-19-13-16-23-22(17-19)21-15-14-20(25)18-24(21)26-23/h14-15,18-19,26H,2-13,16-17H2,1H3. The highest BCUT2D eigenvalue weighted by Gasteiger charge is 2.22. The van der Waals surface area contributed by atoms with E-state index in [2.05, 4.69) is 24.0 Å². The normalized spacial score (nSPS) is 16.9. The molecular formula is C24H36ClN. The summed E-state index contributed by atoms with van der Waals surface area (Å²) in [4.78, 5) is 3.60. The zero-order chi connectivity index (χ0) is 18.2. The highest BCUT2D eigenvalue weighted by atomic mass is 35.5. The lowest BCUT2D eigenvalue weighted by Gasteiger charge is -2.22. The first-order valence-corrected chi connectivity index (χ1v) is 11.4. The molecule has 0 radical (unpaired) electrons. The van der Waals surface area contributed by atoms with Gasteiger partial charge in [0.1, 0.15) is 0 Å². The summed E-state index contributed by atoms with van der Waals surface area (Å²) in [7, 11) is 0. The maximum atomic E-state index is 6.14. The number of aryl methyl sites for hydroxylation is 1. The first kappa shape index (κ1) is 19.8. The van der Waals surface area contributed by atoms with E-state index in [4.69, 9.17) is 11.6 Å². The van der Waals surface area contributed by atoms with Crippen LogP contribution in [0.5, 0.6) is 0 Å². The third-order valence-electron chi connectivity index (χ3n) is 6.22. The molecule has 144 valence electrons. The van der Waals surface area contributed by atoms with Crippen molar-refractivity contribution in [3.05, 3.63) is 34.5 Å². The summed E-state index contributed by atoms with van der Waals surface area (Å²) in [5, 5.41) is 2.23. The Morgan fingerprint density at radius 2 is 1.65 bits per heavy atom. The first-order chi connectivity index (χ1) is 12.8. The molecule has 0 saturated heterocycles. The molecule has 0 fully saturated rings. The van der Waals surface area contributed by atoms with Crippen molar-refractivity contribution in [2.45, 2.75) is 96.8 Å². The summed E-state index contributed by atoms with van der Waals surface area (Å²) >= 11 is 6.14. The lowest BCUT2D eigenvalue weighted by atomic mass is 9.83. The third kappa shape index (κ3) is 5.52. The molecule has 1 aromatic carbocycles. The van der Waals surface area contributed by atoms with Crippen molar-refractivity contribution in [3.63, 3.8) is 0 Å². The average Bonchev–Trinajstić information content (AvgIpc) is 3.00. The van der Waals surface area contributed by atoms with Gasteiger partial charge >= 0.3 is 0 Å². The van der Waals surface area contributed by atoms with Gasteiger partial charge in [-0.3, -0.25) is 0 Å². The molecule has 1 N–H and O–H groups in total. The van der Waals surface area contributed by atoms with Crippen LogP contribution in [0.2, 0.25) is 5.02 Å². The molecule has 1 aromatic heterocycles. The van der Waals surface area contributed by atoms with Crippen LogP contribution in [0.15, 0.2) is 18.2 Å². The molecule has 0 aliphatic heterocycles. The van der Waals surface area contributed by atoms with Gasteiger partial charge in [-0.05, 0) is 42.9 Å². The number of aromatic amines is 1. The minimum absolute atomic E-state index is 0.831. The molecule has 1 aliphatic carbocycles. The molecule has 0 bridgehead atoms. The Hall–Kier alpha value is -0.950. The fraction of sp³-hybridized carbons (Fsp3) is 0.667. The van der Waals surface area contributed by atoms with E-state index in [0.29, 0.717) is 0 Å². The van der Waals surface area contributed by atoms with Gasteiger partial charge in [-0.1, -0.05) is 95.2 Å².